The van der Waals surface area contributed by atoms with E-state index in [0.717, 1.165) is 37.5 Å². The minimum atomic E-state index is -0.0308. The highest BCUT2D eigenvalue weighted by atomic mass is 35.5. The van der Waals surface area contributed by atoms with Crippen LogP contribution in [0, 0.1) is 13.8 Å². The lowest BCUT2D eigenvalue weighted by molar-refractivity contribution is 0.104. The molecule has 0 spiro atoms. The first kappa shape index (κ1) is 17.8. The molecule has 0 saturated heterocycles. The fraction of sp³-hybridized carbons (Fsp3) is 0.0870. The largest absolute Gasteiger partial charge is 0.355 e. The third-order valence-corrected chi connectivity index (χ3v) is 6.10. The van der Waals surface area contributed by atoms with Crippen LogP contribution in [0.3, 0.4) is 0 Å². The van der Waals surface area contributed by atoms with Gasteiger partial charge in [0.2, 0.25) is 5.78 Å². The van der Waals surface area contributed by atoms with E-state index in [-0.39, 0.29) is 5.78 Å². The molecule has 0 aliphatic rings. The third kappa shape index (κ3) is 3.36. The number of thiophene rings is 1. The van der Waals surface area contributed by atoms with Crippen LogP contribution < -0.4 is 5.32 Å². The Hall–Kier alpha value is -2.62. The summed E-state index contributed by atoms with van der Waals surface area (Å²) in [7, 11) is 0. The summed E-state index contributed by atoms with van der Waals surface area (Å²) in [5, 5.41) is 5.93. The van der Waals surface area contributed by atoms with Crippen LogP contribution in [0.4, 0.5) is 11.4 Å². The van der Waals surface area contributed by atoms with E-state index < -0.39 is 0 Å². The summed E-state index contributed by atoms with van der Waals surface area (Å²) in [6.07, 6.45) is 0. The predicted molar refractivity (Wildman–Crippen MR) is 116 cm³/mol. The summed E-state index contributed by atoms with van der Waals surface area (Å²) in [6.45, 7) is 4.09. The van der Waals surface area contributed by atoms with Gasteiger partial charge in [-0.15, -0.1) is 11.3 Å². The maximum Gasteiger partial charge on any atom is 0.205 e. The van der Waals surface area contributed by atoms with Crippen molar-refractivity contribution in [3.05, 3.63) is 92.6 Å². The summed E-state index contributed by atoms with van der Waals surface area (Å²) in [4.78, 5) is 15.0. The number of aryl methyl sites for hydroxylation is 2. The molecule has 0 fully saturated rings. The fourth-order valence-electron chi connectivity index (χ4n) is 3.19. The van der Waals surface area contributed by atoms with Crippen molar-refractivity contribution in [3.63, 3.8) is 0 Å². The first-order valence-corrected chi connectivity index (χ1v) is 9.89. The molecule has 0 atom stereocenters. The molecule has 4 rings (SSSR count). The van der Waals surface area contributed by atoms with Crippen molar-refractivity contribution in [2.45, 2.75) is 13.8 Å². The van der Waals surface area contributed by atoms with Crippen molar-refractivity contribution < 1.29 is 4.79 Å². The summed E-state index contributed by atoms with van der Waals surface area (Å²) >= 11 is 8.01. The van der Waals surface area contributed by atoms with Crippen LogP contribution in [0.5, 0.6) is 0 Å². The molecule has 0 radical (unpaired) electrons. The highest BCUT2D eigenvalue weighted by molar-refractivity contribution is 7.16. The van der Waals surface area contributed by atoms with E-state index in [4.69, 9.17) is 11.6 Å². The van der Waals surface area contributed by atoms with Gasteiger partial charge in [-0.3, -0.25) is 4.79 Å². The number of benzene rings is 3. The van der Waals surface area contributed by atoms with E-state index >= 15 is 0 Å². The number of nitrogens with one attached hydrogen (secondary N) is 1. The van der Waals surface area contributed by atoms with Gasteiger partial charge in [-0.1, -0.05) is 54.1 Å². The van der Waals surface area contributed by atoms with Crippen LogP contribution in [-0.2, 0) is 0 Å². The molecule has 2 nitrogen and oxygen atoms in total. The lowest BCUT2D eigenvalue weighted by Crippen LogP contribution is -2.01. The van der Waals surface area contributed by atoms with Crippen LogP contribution >= 0.6 is 22.9 Å². The van der Waals surface area contributed by atoms with Crippen molar-refractivity contribution in [1.29, 1.82) is 0 Å². The zero-order valence-corrected chi connectivity index (χ0v) is 16.6. The Kier molecular flexibility index (Phi) is 4.73. The van der Waals surface area contributed by atoms with Crippen LogP contribution in [0.25, 0.3) is 10.8 Å². The van der Waals surface area contributed by atoms with Gasteiger partial charge in [0.1, 0.15) is 0 Å². The quantitative estimate of drug-likeness (QED) is 0.374. The molecule has 0 bridgehead atoms. The molecule has 3 aromatic carbocycles. The van der Waals surface area contributed by atoms with E-state index in [1.54, 1.807) is 6.07 Å². The summed E-state index contributed by atoms with van der Waals surface area (Å²) in [5.41, 5.74) is 3.55. The first-order chi connectivity index (χ1) is 13.0. The van der Waals surface area contributed by atoms with E-state index in [2.05, 4.69) is 11.4 Å². The molecule has 0 aliphatic heterocycles. The van der Waals surface area contributed by atoms with Gasteiger partial charge in [0.15, 0.2) is 0 Å². The molecule has 0 amide bonds. The second-order valence-corrected chi connectivity index (χ2v) is 8.13. The van der Waals surface area contributed by atoms with Crippen molar-refractivity contribution >= 4 is 50.9 Å². The number of hydrogen-bond donors (Lipinski definition) is 1. The van der Waals surface area contributed by atoms with E-state index in [1.807, 2.05) is 68.4 Å². The average Bonchev–Trinajstić information content (AvgIpc) is 3.00. The van der Waals surface area contributed by atoms with Gasteiger partial charge in [-0.25, -0.2) is 0 Å². The van der Waals surface area contributed by atoms with E-state index in [1.165, 1.54) is 11.3 Å². The summed E-state index contributed by atoms with van der Waals surface area (Å²) in [6, 6.07) is 21.6. The number of anilines is 2. The summed E-state index contributed by atoms with van der Waals surface area (Å²) < 4.78 is 0. The average molecular weight is 392 g/mol. The van der Waals surface area contributed by atoms with Gasteiger partial charge in [0.25, 0.3) is 0 Å². The maximum atomic E-state index is 13.1. The molecule has 1 heterocycles. The number of hydrogen-bond acceptors (Lipinski definition) is 3. The first-order valence-electron chi connectivity index (χ1n) is 8.69. The number of carbonyl (C=O) groups excluding carboxylic acids is 1. The highest BCUT2D eigenvalue weighted by Gasteiger charge is 2.19. The second-order valence-electron chi connectivity index (χ2n) is 6.50. The zero-order chi connectivity index (χ0) is 19.0. The second kappa shape index (κ2) is 7.18. The maximum absolute atomic E-state index is 13.1. The van der Waals surface area contributed by atoms with Gasteiger partial charge in [-0.05, 0) is 49.1 Å². The Balaban J connectivity index is 1.68. The molecule has 134 valence electrons. The van der Waals surface area contributed by atoms with Crippen molar-refractivity contribution in [3.8, 4) is 0 Å². The standard InChI is InChI=1S/C23H18ClNOS/c1-14-7-3-6-10-21(14)25-16-11-12-19(20(24)13-16)22(26)23-18-9-5-4-8-17(18)15(2)27-23/h3-13,25H,1-2H3. The van der Waals surface area contributed by atoms with Crippen molar-refractivity contribution in [2.24, 2.45) is 0 Å². The topological polar surface area (TPSA) is 29.1 Å². The number of carbonyl (C=O) groups is 1. The molecular weight excluding hydrogens is 374 g/mol. The Morgan fingerprint density at radius 3 is 2.37 bits per heavy atom. The Bertz CT molecular complexity index is 1160. The molecule has 1 N–H and O–H groups in total. The molecule has 4 aromatic rings. The minimum absolute atomic E-state index is 0.0308. The van der Waals surface area contributed by atoms with Gasteiger partial charge in [0, 0.05) is 27.2 Å². The number of fused-ring (bicyclic) bond motifs is 1. The highest BCUT2D eigenvalue weighted by Crippen LogP contribution is 2.34. The van der Waals surface area contributed by atoms with Crippen molar-refractivity contribution in [1.82, 2.24) is 0 Å². The molecule has 0 saturated carbocycles. The lowest BCUT2D eigenvalue weighted by Gasteiger charge is -2.11. The molecule has 1 aromatic heterocycles. The van der Waals surface area contributed by atoms with E-state index in [9.17, 15) is 4.79 Å². The third-order valence-electron chi connectivity index (χ3n) is 4.65. The molecule has 27 heavy (non-hydrogen) atoms. The fourth-order valence-corrected chi connectivity index (χ4v) is 4.54. The molecule has 0 unspecified atom stereocenters. The summed E-state index contributed by atoms with van der Waals surface area (Å²) in [5.74, 6) is -0.0308. The van der Waals surface area contributed by atoms with Crippen LogP contribution in [0.15, 0.2) is 66.7 Å². The van der Waals surface area contributed by atoms with Gasteiger partial charge in [-0.2, -0.15) is 0 Å². The Labute approximate surface area is 167 Å². The predicted octanol–water partition coefficient (Wildman–Crippen LogP) is 7.15. The van der Waals surface area contributed by atoms with Crippen LogP contribution in [0.2, 0.25) is 5.02 Å². The number of rotatable bonds is 4. The van der Waals surface area contributed by atoms with Crippen LogP contribution in [0.1, 0.15) is 25.7 Å². The van der Waals surface area contributed by atoms with Gasteiger partial charge >= 0.3 is 0 Å². The minimum Gasteiger partial charge on any atom is -0.355 e. The molecule has 0 aliphatic carbocycles. The smallest absolute Gasteiger partial charge is 0.205 e. The van der Waals surface area contributed by atoms with E-state index in [0.29, 0.717) is 10.6 Å². The number of para-hydroxylation sites is 1. The van der Waals surface area contributed by atoms with Crippen molar-refractivity contribution in [2.75, 3.05) is 5.32 Å². The Morgan fingerprint density at radius 1 is 0.926 bits per heavy atom. The normalized spacial score (nSPS) is 10.9. The SMILES string of the molecule is Cc1ccccc1Nc1ccc(C(=O)c2sc(C)c3ccccc23)c(Cl)c1. The lowest BCUT2D eigenvalue weighted by atomic mass is 10.0. The van der Waals surface area contributed by atoms with Gasteiger partial charge < -0.3 is 5.32 Å². The molecule has 4 heteroatoms. The molecular formula is C23H18ClNOS. The Morgan fingerprint density at radius 2 is 1.63 bits per heavy atom. The number of ketones is 1. The number of halogens is 1. The monoisotopic (exact) mass is 391 g/mol. The van der Waals surface area contributed by atoms with Crippen LogP contribution in [-0.4, -0.2) is 5.78 Å². The van der Waals surface area contributed by atoms with Gasteiger partial charge in [0.05, 0.1) is 9.90 Å². The zero-order valence-electron chi connectivity index (χ0n) is 15.0.